The highest BCUT2D eigenvalue weighted by atomic mass is 16.7. The van der Waals surface area contributed by atoms with E-state index < -0.39 is 80.1 Å². The summed E-state index contributed by atoms with van der Waals surface area (Å²) < 4.78 is 26.6. The first-order valence-electron chi connectivity index (χ1n) is 10.1. The lowest BCUT2D eigenvalue weighted by atomic mass is 9.99. The van der Waals surface area contributed by atoms with Crippen LogP contribution in [0.3, 0.4) is 0 Å². The Hall–Kier alpha value is -2.07. The van der Waals surface area contributed by atoms with Gasteiger partial charge in [0.25, 0.3) is 0 Å². The maximum atomic E-state index is 11.7. The second-order valence-corrected chi connectivity index (χ2v) is 7.75. The molecule has 1 aromatic rings. The van der Waals surface area contributed by atoms with E-state index in [0.29, 0.717) is 0 Å². The van der Waals surface area contributed by atoms with E-state index >= 15 is 0 Å². The van der Waals surface area contributed by atoms with Crippen LogP contribution in [0, 0.1) is 0 Å². The summed E-state index contributed by atoms with van der Waals surface area (Å²) in [6, 6.07) is 2.37. The SMILES string of the molecule is COc1cc(O[C@@H]2O[C@H](CO[C@@H]3O[C@@H](CO)[C@H](O)[C@H]3O)[C@@H](O)[C@H](O)[C@H]2O)cc(O)c1C(C)=O. The highest BCUT2D eigenvalue weighted by molar-refractivity contribution is 5.99. The third-order valence-corrected chi connectivity index (χ3v) is 5.47. The largest absolute Gasteiger partial charge is 0.507 e. The fraction of sp³-hybridized carbons (Fsp3) is 0.650. The van der Waals surface area contributed by atoms with E-state index in [0.717, 1.165) is 6.07 Å². The number of carbonyl (C=O) groups is 1. The molecule has 0 amide bonds. The van der Waals surface area contributed by atoms with Gasteiger partial charge in [0, 0.05) is 12.1 Å². The highest BCUT2D eigenvalue weighted by Gasteiger charge is 2.47. The van der Waals surface area contributed by atoms with E-state index in [1.807, 2.05) is 0 Å². The normalized spacial score (nSPS) is 36.5. The predicted octanol–water partition coefficient (Wildman–Crippen LogP) is -2.75. The summed E-state index contributed by atoms with van der Waals surface area (Å²) in [5.41, 5.74) is -0.0739. The number of hydrogen-bond donors (Lipinski definition) is 7. The minimum absolute atomic E-state index is 0.00707. The molecule has 1 aromatic carbocycles. The predicted molar refractivity (Wildman–Crippen MR) is 106 cm³/mol. The number of hydrogen-bond acceptors (Lipinski definition) is 13. The first-order valence-corrected chi connectivity index (χ1v) is 10.1. The molecule has 3 rings (SSSR count). The van der Waals surface area contributed by atoms with Crippen molar-refractivity contribution in [2.24, 2.45) is 0 Å². The van der Waals surface area contributed by atoms with Crippen molar-refractivity contribution in [3.8, 4) is 17.2 Å². The quantitative estimate of drug-likeness (QED) is 0.190. The van der Waals surface area contributed by atoms with Gasteiger partial charge in [-0.3, -0.25) is 4.79 Å². The Bertz CT molecular complexity index is 832. The first-order chi connectivity index (χ1) is 15.6. The molecule has 13 nitrogen and oxygen atoms in total. The molecule has 0 radical (unpaired) electrons. The van der Waals surface area contributed by atoms with Gasteiger partial charge in [0.15, 0.2) is 12.1 Å². The van der Waals surface area contributed by atoms with Gasteiger partial charge in [0.2, 0.25) is 6.29 Å². The molecular weight excluding hydrogens is 448 g/mol. The molecule has 2 aliphatic heterocycles. The lowest BCUT2D eigenvalue weighted by Crippen LogP contribution is -2.60. The number of phenolic OH excluding ortho intramolecular Hbond substituents is 1. The molecule has 2 aliphatic rings. The van der Waals surface area contributed by atoms with Crippen LogP contribution in [0.2, 0.25) is 0 Å². The van der Waals surface area contributed by atoms with Crippen molar-refractivity contribution in [1.82, 2.24) is 0 Å². The molecule has 0 aliphatic carbocycles. The number of benzene rings is 1. The number of methoxy groups -OCH3 is 1. The minimum Gasteiger partial charge on any atom is -0.507 e. The molecule has 2 heterocycles. The third-order valence-electron chi connectivity index (χ3n) is 5.47. The minimum atomic E-state index is -1.71. The van der Waals surface area contributed by atoms with E-state index in [4.69, 9.17) is 28.8 Å². The van der Waals surface area contributed by atoms with Crippen molar-refractivity contribution in [1.29, 1.82) is 0 Å². The molecule has 0 unspecified atom stereocenters. The van der Waals surface area contributed by atoms with Crippen LogP contribution in [-0.2, 0) is 14.2 Å². The smallest absolute Gasteiger partial charge is 0.229 e. The zero-order valence-corrected chi connectivity index (χ0v) is 17.8. The lowest BCUT2D eigenvalue weighted by Gasteiger charge is -2.40. The number of Topliss-reactive ketones (excluding diaryl/α,β-unsaturated/α-hetero) is 1. The molecule has 2 saturated heterocycles. The number of aliphatic hydroxyl groups is 6. The Kier molecular flexibility index (Phi) is 8.10. The van der Waals surface area contributed by atoms with E-state index in [1.54, 1.807) is 0 Å². The lowest BCUT2D eigenvalue weighted by molar-refractivity contribution is -0.290. The number of phenols is 1. The topological polar surface area (TPSA) is 205 Å². The van der Waals surface area contributed by atoms with Crippen molar-refractivity contribution in [3.63, 3.8) is 0 Å². The van der Waals surface area contributed by atoms with Crippen LogP contribution in [-0.4, -0.2) is 117 Å². The molecule has 7 N–H and O–H groups in total. The van der Waals surface area contributed by atoms with Gasteiger partial charge in [-0.2, -0.15) is 0 Å². The van der Waals surface area contributed by atoms with E-state index in [9.17, 15) is 35.4 Å². The molecule has 0 bridgehead atoms. The van der Waals surface area contributed by atoms with Crippen LogP contribution < -0.4 is 9.47 Å². The fourth-order valence-electron chi connectivity index (χ4n) is 3.64. The van der Waals surface area contributed by atoms with Crippen LogP contribution in [0.5, 0.6) is 17.2 Å². The molecular formula is C20H28O13. The van der Waals surface area contributed by atoms with Crippen molar-refractivity contribution >= 4 is 5.78 Å². The zero-order chi connectivity index (χ0) is 24.4. The molecule has 13 heteroatoms. The summed E-state index contributed by atoms with van der Waals surface area (Å²) in [5.74, 6) is -0.949. The Morgan fingerprint density at radius 1 is 0.939 bits per heavy atom. The fourth-order valence-corrected chi connectivity index (χ4v) is 3.64. The molecule has 0 spiro atoms. The third kappa shape index (κ3) is 5.21. The molecule has 0 saturated carbocycles. The van der Waals surface area contributed by atoms with Gasteiger partial charge in [0.1, 0.15) is 65.5 Å². The maximum absolute atomic E-state index is 11.7. The van der Waals surface area contributed by atoms with Crippen LogP contribution in [0.1, 0.15) is 17.3 Å². The van der Waals surface area contributed by atoms with Gasteiger partial charge in [-0.15, -0.1) is 0 Å². The Labute approximate surface area is 188 Å². The maximum Gasteiger partial charge on any atom is 0.229 e. The molecule has 0 aromatic heterocycles. The summed E-state index contributed by atoms with van der Waals surface area (Å²) in [6.45, 7) is 0.233. The van der Waals surface area contributed by atoms with Crippen molar-refractivity contribution < 1.29 is 64.2 Å². The van der Waals surface area contributed by atoms with E-state index in [2.05, 4.69) is 0 Å². The Morgan fingerprint density at radius 2 is 1.55 bits per heavy atom. The number of aliphatic hydroxyl groups excluding tert-OH is 6. The molecule has 9 atom stereocenters. The van der Waals surface area contributed by atoms with E-state index in [1.165, 1.54) is 20.1 Å². The van der Waals surface area contributed by atoms with Crippen molar-refractivity contribution in [2.75, 3.05) is 20.3 Å². The van der Waals surface area contributed by atoms with Crippen LogP contribution in [0.15, 0.2) is 12.1 Å². The monoisotopic (exact) mass is 476 g/mol. The van der Waals surface area contributed by atoms with Crippen LogP contribution in [0.25, 0.3) is 0 Å². The van der Waals surface area contributed by atoms with Gasteiger partial charge in [-0.25, -0.2) is 0 Å². The Morgan fingerprint density at radius 3 is 2.12 bits per heavy atom. The number of rotatable bonds is 8. The summed E-state index contributed by atoms with van der Waals surface area (Å²) in [4.78, 5) is 11.7. The summed E-state index contributed by atoms with van der Waals surface area (Å²) in [6.07, 6.45) is -13.1. The number of aromatic hydroxyl groups is 1. The van der Waals surface area contributed by atoms with Crippen LogP contribution in [0.4, 0.5) is 0 Å². The summed E-state index contributed by atoms with van der Waals surface area (Å²) in [7, 11) is 1.28. The standard InChI is InChI=1S/C20H28O13/c1-7(22)13-9(23)3-8(4-10(13)29-2)31-20-18(28)16(26)15(25)12(33-20)6-30-19-17(27)14(24)11(5-21)32-19/h3-4,11-12,14-21,23-28H,5-6H2,1-2H3/t11-,12+,14-,15+,16-,17+,18+,19+,20+/m0/s1. The summed E-state index contributed by atoms with van der Waals surface area (Å²) in [5, 5.41) is 69.7. The highest BCUT2D eigenvalue weighted by Crippen LogP contribution is 2.35. The molecule has 33 heavy (non-hydrogen) atoms. The number of ketones is 1. The zero-order valence-electron chi connectivity index (χ0n) is 17.8. The second kappa shape index (κ2) is 10.5. The van der Waals surface area contributed by atoms with Crippen molar-refractivity contribution in [3.05, 3.63) is 17.7 Å². The van der Waals surface area contributed by atoms with Gasteiger partial charge in [0.05, 0.1) is 20.3 Å². The second-order valence-electron chi connectivity index (χ2n) is 7.75. The average molecular weight is 476 g/mol. The van der Waals surface area contributed by atoms with Crippen molar-refractivity contribution in [2.45, 2.75) is 62.2 Å². The molecule has 186 valence electrons. The summed E-state index contributed by atoms with van der Waals surface area (Å²) >= 11 is 0. The average Bonchev–Trinajstić information content (AvgIpc) is 3.05. The van der Waals surface area contributed by atoms with Gasteiger partial charge < -0.3 is 59.4 Å². The van der Waals surface area contributed by atoms with Gasteiger partial charge in [-0.05, 0) is 6.92 Å². The number of ether oxygens (including phenoxy) is 5. The van der Waals surface area contributed by atoms with Gasteiger partial charge in [-0.1, -0.05) is 0 Å². The molecule has 2 fully saturated rings. The van der Waals surface area contributed by atoms with Crippen LogP contribution >= 0.6 is 0 Å². The first kappa shape index (κ1) is 25.6. The number of carbonyl (C=O) groups excluding carboxylic acids is 1. The van der Waals surface area contributed by atoms with Gasteiger partial charge >= 0.3 is 0 Å². The Balaban J connectivity index is 1.71. The van der Waals surface area contributed by atoms with E-state index in [-0.39, 0.29) is 17.1 Å².